The van der Waals surface area contributed by atoms with E-state index in [4.69, 9.17) is 4.52 Å². The molecule has 0 N–H and O–H groups in total. The normalized spacial score (nSPS) is 20.2. The molecule has 21 heavy (non-hydrogen) atoms. The first-order valence-corrected chi connectivity index (χ1v) is 8.23. The van der Waals surface area contributed by atoms with Gasteiger partial charge in [-0.3, -0.25) is 0 Å². The highest BCUT2D eigenvalue weighted by molar-refractivity contribution is 7.89. The third-order valence-electron chi connectivity index (χ3n) is 3.70. The molecule has 3 rings (SSSR count). The lowest BCUT2D eigenvalue weighted by atomic mass is 10.2. The molecule has 8 nitrogen and oxygen atoms in total. The van der Waals surface area contributed by atoms with Gasteiger partial charge in [0.2, 0.25) is 10.0 Å². The quantitative estimate of drug-likeness (QED) is 0.826. The standard InChI is InChI=1S/C12H17N5O3S/c1-9-12(10(2)20-15-9)21(18,19)16-7-3-4-11(16)8-17-13-5-6-14-17/h5-6,11H,3-4,7-8H2,1-2H3. The van der Waals surface area contributed by atoms with Crippen molar-refractivity contribution in [3.8, 4) is 0 Å². The monoisotopic (exact) mass is 311 g/mol. The Morgan fingerprint density at radius 1 is 1.33 bits per heavy atom. The van der Waals surface area contributed by atoms with Gasteiger partial charge < -0.3 is 4.52 Å². The lowest BCUT2D eigenvalue weighted by molar-refractivity contribution is 0.325. The lowest BCUT2D eigenvalue weighted by Gasteiger charge is -2.23. The predicted molar refractivity (Wildman–Crippen MR) is 72.9 cm³/mol. The van der Waals surface area contributed by atoms with Crippen LogP contribution >= 0.6 is 0 Å². The fourth-order valence-corrected chi connectivity index (χ4v) is 4.77. The number of rotatable bonds is 4. The Kier molecular flexibility index (Phi) is 3.54. The minimum absolute atomic E-state index is 0.143. The Labute approximate surface area is 122 Å². The molecule has 3 heterocycles. The van der Waals surface area contributed by atoms with E-state index >= 15 is 0 Å². The molecule has 1 aliphatic rings. The van der Waals surface area contributed by atoms with Crippen LogP contribution in [0.1, 0.15) is 24.3 Å². The van der Waals surface area contributed by atoms with E-state index in [1.54, 1.807) is 26.2 Å². The molecule has 1 unspecified atom stereocenters. The van der Waals surface area contributed by atoms with E-state index in [9.17, 15) is 8.42 Å². The molecule has 1 aliphatic heterocycles. The van der Waals surface area contributed by atoms with E-state index in [2.05, 4.69) is 15.4 Å². The molecule has 0 aromatic carbocycles. The molecule has 0 spiro atoms. The number of hydrogen-bond acceptors (Lipinski definition) is 6. The molecule has 1 fully saturated rings. The Bertz CT molecular complexity index is 703. The number of hydrogen-bond donors (Lipinski definition) is 0. The van der Waals surface area contributed by atoms with E-state index < -0.39 is 10.0 Å². The van der Waals surface area contributed by atoms with Gasteiger partial charge in [0, 0.05) is 12.6 Å². The molecule has 114 valence electrons. The van der Waals surface area contributed by atoms with Gasteiger partial charge in [0.05, 0.1) is 18.9 Å². The van der Waals surface area contributed by atoms with Crippen LogP contribution in [-0.4, -0.2) is 45.5 Å². The minimum Gasteiger partial charge on any atom is -0.360 e. The highest BCUT2D eigenvalue weighted by atomic mass is 32.2. The van der Waals surface area contributed by atoms with E-state index in [1.807, 2.05) is 0 Å². The summed E-state index contributed by atoms with van der Waals surface area (Å²) in [5, 5.41) is 11.8. The van der Waals surface area contributed by atoms with Crippen molar-refractivity contribution in [2.75, 3.05) is 6.54 Å². The van der Waals surface area contributed by atoms with Crippen molar-refractivity contribution in [3.05, 3.63) is 23.8 Å². The van der Waals surface area contributed by atoms with Crippen molar-refractivity contribution in [1.82, 2.24) is 24.5 Å². The third kappa shape index (κ3) is 2.46. The SMILES string of the molecule is Cc1noc(C)c1S(=O)(=O)N1CCCC1Cn1nccn1. The first kappa shape index (κ1) is 14.2. The molecule has 0 bridgehead atoms. The molecular formula is C12H17N5O3S. The average molecular weight is 311 g/mol. The van der Waals surface area contributed by atoms with Gasteiger partial charge in [-0.25, -0.2) is 8.42 Å². The maximum Gasteiger partial charge on any atom is 0.248 e. The van der Waals surface area contributed by atoms with Gasteiger partial charge in [0.1, 0.15) is 10.6 Å². The van der Waals surface area contributed by atoms with Gasteiger partial charge in [0.25, 0.3) is 0 Å². The van der Waals surface area contributed by atoms with Crippen molar-refractivity contribution in [2.24, 2.45) is 0 Å². The van der Waals surface area contributed by atoms with E-state index in [-0.39, 0.29) is 10.9 Å². The van der Waals surface area contributed by atoms with Crippen LogP contribution in [0.4, 0.5) is 0 Å². The fourth-order valence-electron chi connectivity index (χ4n) is 2.79. The second-order valence-electron chi connectivity index (χ2n) is 5.15. The van der Waals surface area contributed by atoms with Crippen molar-refractivity contribution in [1.29, 1.82) is 0 Å². The summed E-state index contributed by atoms with van der Waals surface area (Å²) in [6.45, 7) is 4.21. The van der Waals surface area contributed by atoms with E-state index in [1.165, 1.54) is 9.10 Å². The average Bonchev–Trinajstić information content (AvgIpc) is 3.12. The fraction of sp³-hybridized carbons (Fsp3) is 0.583. The second-order valence-corrected chi connectivity index (χ2v) is 6.98. The summed E-state index contributed by atoms with van der Waals surface area (Å²) in [5.74, 6) is 0.329. The Morgan fingerprint density at radius 3 is 2.67 bits per heavy atom. The highest BCUT2D eigenvalue weighted by Gasteiger charge is 2.38. The maximum atomic E-state index is 12.9. The van der Waals surface area contributed by atoms with Gasteiger partial charge in [0.15, 0.2) is 5.76 Å². The summed E-state index contributed by atoms with van der Waals surface area (Å²) in [6, 6.07) is -0.143. The molecule has 0 amide bonds. The molecule has 2 aromatic rings. The first-order valence-electron chi connectivity index (χ1n) is 6.79. The molecule has 2 aromatic heterocycles. The van der Waals surface area contributed by atoms with Crippen LogP contribution < -0.4 is 0 Å². The zero-order chi connectivity index (χ0) is 15.0. The summed E-state index contributed by atoms with van der Waals surface area (Å²) in [5.41, 5.74) is 0.398. The predicted octanol–water partition coefficient (Wildman–Crippen LogP) is 0.736. The summed E-state index contributed by atoms with van der Waals surface area (Å²) < 4.78 is 32.2. The number of aryl methyl sites for hydroxylation is 2. The molecule has 0 saturated carbocycles. The first-order chi connectivity index (χ1) is 10.00. The summed E-state index contributed by atoms with van der Waals surface area (Å²) in [7, 11) is -3.60. The number of aromatic nitrogens is 4. The Morgan fingerprint density at radius 2 is 2.05 bits per heavy atom. The minimum atomic E-state index is -3.60. The summed E-state index contributed by atoms with van der Waals surface area (Å²) >= 11 is 0. The van der Waals surface area contributed by atoms with Crippen LogP contribution in [0.5, 0.6) is 0 Å². The molecule has 0 radical (unpaired) electrons. The summed E-state index contributed by atoms with van der Waals surface area (Å²) in [6.07, 6.45) is 4.79. The molecular weight excluding hydrogens is 294 g/mol. The van der Waals surface area contributed by atoms with Crippen molar-refractivity contribution < 1.29 is 12.9 Å². The smallest absolute Gasteiger partial charge is 0.248 e. The topological polar surface area (TPSA) is 94.1 Å². The summed E-state index contributed by atoms with van der Waals surface area (Å²) in [4.78, 5) is 1.70. The Balaban J connectivity index is 1.91. The Hall–Kier alpha value is -1.74. The van der Waals surface area contributed by atoms with E-state index in [0.29, 0.717) is 24.5 Å². The van der Waals surface area contributed by atoms with Crippen LogP contribution in [0.25, 0.3) is 0 Å². The zero-order valence-corrected chi connectivity index (χ0v) is 12.7. The largest absolute Gasteiger partial charge is 0.360 e. The van der Waals surface area contributed by atoms with Gasteiger partial charge in [-0.15, -0.1) is 0 Å². The maximum absolute atomic E-state index is 12.9. The molecule has 1 saturated heterocycles. The third-order valence-corrected chi connectivity index (χ3v) is 5.90. The van der Waals surface area contributed by atoms with Crippen molar-refractivity contribution in [3.63, 3.8) is 0 Å². The van der Waals surface area contributed by atoms with Crippen LogP contribution in [0.3, 0.4) is 0 Å². The van der Waals surface area contributed by atoms with Gasteiger partial charge >= 0.3 is 0 Å². The highest BCUT2D eigenvalue weighted by Crippen LogP contribution is 2.30. The van der Waals surface area contributed by atoms with Crippen LogP contribution in [0.2, 0.25) is 0 Å². The second kappa shape index (κ2) is 5.23. The molecule has 1 atom stereocenters. The van der Waals surface area contributed by atoms with Crippen LogP contribution in [0, 0.1) is 13.8 Å². The lowest BCUT2D eigenvalue weighted by Crippen LogP contribution is -2.38. The van der Waals surface area contributed by atoms with E-state index in [0.717, 1.165) is 12.8 Å². The van der Waals surface area contributed by atoms with Crippen LogP contribution in [-0.2, 0) is 16.6 Å². The zero-order valence-electron chi connectivity index (χ0n) is 11.9. The van der Waals surface area contributed by atoms with Crippen LogP contribution in [0.15, 0.2) is 21.8 Å². The van der Waals surface area contributed by atoms with Gasteiger partial charge in [-0.05, 0) is 26.7 Å². The van der Waals surface area contributed by atoms with Crippen molar-refractivity contribution >= 4 is 10.0 Å². The molecule has 0 aliphatic carbocycles. The molecule has 9 heteroatoms. The van der Waals surface area contributed by atoms with Gasteiger partial charge in [-0.1, -0.05) is 5.16 Å². The number of sulfonamides is 1. The number of nitrogens with zero attached hydrogens (tertiary/aromatic N) is 5. The van der Waals surface area contributed by atoms with Crippen molar-refractivity contribution in [2.45, 2.75) is 44.2 Å². The van der Waals surface area contributed by atoms with Gasteiger partial charge in [-0.2, -0.15) is 19.3 Å².